The van der Waals surface area contributed by atoms with Crippen LogP contribution in [-0.4, -0.2) is 37.3 Å². The zero-order valence-electron chi connectivity index (χ0n) is 16.4. The van der Waals surface area contributed by atoms with E-state index in [1.54, 1.807) is 0 Å². The van der Waals surface area contributed by atoms with E-state index < -0.39 is 5.97 Å². The van der Waals surface area contributed by atoms with Gasteiger partial charge in [-0.25, -0.2) is 0 Å². The van der Waals surface area contributed by atoms with Crippen molar-refractivity contribution in [1.29, 1.82) is 0 Å². The van der Waals surface area contributed by atoms with Crippen LogP contribution in [0.25, 0.3) is 0 Å². The summed E-state index contributed by atoms with van der Waals surface area (Å²) in [5.41, 5.74) is 4.20. The van der Waals surface area contributed by atoms with Crippen molar-refractivity contribution >= 4 is 35.0 Å². The van der Waals surface area contributed by atoms with Crippen molar-refractivity contribution in [3.05, 3.63) is 53.6 Å². The van der Waals surface area contributed by atoms with E-state index in [0.29, 0.717) is 5.69 Å². The number of ether oxygens (including phenoxy) is 1. The van der Waals surface area contributed by atoms with Gasteiger partial charge in [-0.15, -0.1) is 11.8 Å². The summed E-state index contributed by atoms with van der Waals surface area (Å²) >= 11 is 1.42. The highest BCUT2D eigenvalue weighted by Gasteiger charge is 2.13. The normalized spacial score (nSPS) is 13.4. The van der Waals surface area contributed by atoms with Gasteiger partial charge in [-0.3, -0.25) is 9.59 Å². The Balaban J connectivity index is 1.40. The number of benzene rings is 2. The molecule has 1 heterocycles. The van der Waals surface area contributed by atoms with Gasteiger partial charge >= 0.3 is 5.97 Å². The van der Waals surface area contributed by atoms with Crippen LogP contribution >= 0.6 is 11.8 Å². The van der Waals surface area contributed by atoms with Crippen molar-refractivity contribution in [2.75, 3.05) is 35.7 Å². The second-order valence-corrected chi connectivity index (χ2v) is 8.02. The topological polar surface area (TPSA) is 58.6 Å². The lowest BCUT2D eigenvalue weighted by Crippen LogP contribution is -2.22. The molecule has 2 aromatic carbocycles. The fraction of sp³-hybridized carbons (Fsp3) is 0.364. The number of rotatable bonds is 7. The average Bonchev–Trinajstić information content (AvgIpc) is 3.21. The molecule has 28 heavy (non-hydrogen) atoms. The van der Waals surface area contributed by atoms with Crippen LogP contribution in [0.15, 0.2) is 47.4 Å². The van der Waals surface area contributed by atoms with Gasteiger partial charge < -0.3 is 15.0 Å². The van der Waals surface area contributed by atoms with Crippen molar-refractivity contribution in [2.45, 2.75) is 31.6 Å². The molecule has 148 valence electrons. The van der Waals surface area contributed by atoms with Gasteiger partial charge in [0.1, 0.15) is 0 Å². The van der Waals surface area contributed by atoms with Gasteiger partial charge in [0.05, 0.1) is 5.75 Å². The Labute approximate surface area is 170 Å². The van der Waals surface area contributed by atoms with Crippen molar-refractivity contribution in [3.63, 3.8) is 0 Å². The monoisotopic (exact) mass is 398 g/mol. The maximum absolute atomic E-state index is 12.0. The number of amides is 1. The number of carbonyl (C=O) groups excluding carboxylic acids is 2. The summed E-state index contributed by atoms with van der Waals surface area (Å²) in [5.74, 6) is -0.551. The number of nitrogens with one attached hydrogen (secondary N) is 1. The molecule has 6 heteroatoms. The molecule has 1 fully saturated rings. The van der Waals surface area contributed by atoms with E-state index in [0.717, 1.165) is 23.5 Å². The highest BCUT2D eigenvalue weighted by atomic mass is 32.2. The summed E-state index contributed by atoms with van der Waals surface area (Å²) in [6.07, 6.45) is 2.46. The zero-order chi connectivity index (χ0) is 19.9. The maximum atomic E-state index is 12.0. The summed E-state index contributed by atoms with van der Waals surface area (Å²) in [4.78, 5) is 27.3. The van der Waals surface area contributed by atoms with Gasteiger partial charge in [-0.2, -0.15) is 0 Å². The summed E-state index contributed by atoms with van der Waals surface area (Å²) < 4.78 is 5.09. The van der Waals surface area contributed by atoms with E-state index in [1.165, 1.54) is 35.9 Å². The first kappa shape index (κ1) is 20.3. The van der Waals surface area contributed by atoms with Gasteiger partial charge in [-0.1, -0.05) is 17.7 Å². The highest BCUT2D eigenvalue weighted by molar-refractivity contribution is 8.00. The molecule has 1 N–H and O–H groups in total. The van der Waals surface area contributed by atoms with Crippen molar-refractivity contribution in [3.8, 4) is 0 Å². The summed E-state index contributed by atoms with van der Waals surface area (Å²) in [7, 11) is 0. The number of anilines is 2. The zero-order valence-corrected chi connectivity index (χ0v) is 17.2. The van der Waals surface area contributed by atoms with Crippen LogP contribution < -0.4 is 10.2 Å². The molecule has 0 atom stereocenters. The van der Waals surface area contributed by atoms with Gasteiger partial charge in [0.2, 0.25) is 0 Å². The minimum Gasteiger partial charge on any atom is -0.455 e. The van der Waals surface area contributed by atoms with E-state index in [-0.39, 0.29) is 18.3 Å². The van der Waals surface area contributed by atoms with E-state index in [9.17, 15) is 9.59 Å². The van der Waals surface area contributed by atoms with Crippen LogP contribution in [0.3, 0.4) is 0 Å². The third-order valence-corrected chi connectivity index (χ3v) is 5.81. The van der Waals surface area contributed by atoms with Crippen LogP contribution in [0.4, 0.5) is 11.4 Å². The van der Waals surface area contributed by atoms with Gasteiger partial charge in [0, 0.05) is 29.4 Å². The molecule has 0 bridgehead atoms. The van der Waals surface area contributed by atoms with E-state index in [2.05, 4.69) is 16.3 Å². The van der Waals surface area contributed by atoms with Crippen LogP contribution in [0.1, 0.15) is 24.0 Å². The summed E-state index contributed by atoms with van der Waals surface area (Å²) in [5, 5.41) is 2.76. The number of thioether (sulfide) groups is 1. The lowest BCUT2D eigenvalue weighted by Gasteiger charge is -2.17. The van der Waals surface area contributed by atoms with Crippen LogP contribution in [0.5, 0.6) is 0 Å². The Bertz CT molecular complexity index is 830. The van der Waals surface area contributed by atoms with Crippen LogP contribution in [0.2, 0.25) is 0 Å². The number of hydrogen-bond donors (Lipinski definition) is 1. The fourth-order valence-electron chi connectivity index (χ4n) is 3.21. The van der Waals surface area contributed by atoms with Crippen LogP contribution in [0, 0.1) is 13.8 Å². The number of esters is 1. The average molecular weight is 399 g/mol. The smallest absolute Gasteiger partial charge is 0.316 e. The fourth-order valence-corrected chi connectivity index (χ4v) is 4.02. The van der Waals surface area contributed by atoms with E-state index in [1.807, 2.05) is 50.2 Å². The Morgan fingerprint density at radius 1 is 1.07 bits per heavy atom. The quantitative estimate of drug-likeness (QED) is 0.560. The second-order valence-electron chi connectivity index (χ2n) is 7.01. The molecule has 0 aliphatic carbocycles. The molecular weight excluding hydrogens is 372 g/mol. The molecular formula is C22H26N2O3S. The maximum Gasteiger partial charge on any atom is 0.316 e. The molecule has 0 unspecified atom stereocenters. The molecule has 1 saturated heterocycles. The van der Waals surface area contributed by atoms with E-state index >= 15 is 0 Å². The predicted octanol–water partition coefficient (Wildman–Crippen LogP) is 4.18. The third kappa shape index (κ3) is 5.76. The molecule has 0 radical (unpaired) electrons. The number of carbonyl (C=O) groups is 2. The standard InChI is InChI=1S/C22H26N2O3S/c1-16-5-10-20(17(2)13-16)28-15-22(26)27-14-21(25)23-18-6-8-19(9-7-18)24-11-3-4-12-24/h5-10,13H,3-4,11-12,14-15H2,1-2H3,(H,23,25). The Kier molecular flexibility index (Phi) is 6.98. The number of nitrogens with zero attached hydrogens (tertiary/aromatic N) is 1. The third-order valence-electron chi connectivity index (χ3n) is 4.66. The first-order chi connectivity index (χ1) is 13.5. The molecule has 0 spiro atoms. The molecule has 2 aromatic rings. The summed E-state index contributed by atoms with van der Waals surface area (Å²) in [6, 6.07) is 13.9. The van der Waals surface area contributed by atoms with Gasteiger partial charge in [-0.05, 0) is 62.6 Å². The van der Waals surface area contributed by atoms with E-state index in [4.69, 9.17) is 4.74 Å². The molecule has 0 saturated carbocycles. The minimum atomic E-state index is -0.399. The van der Waals surface area contributed by atoms with Gasteiger partial charge in [0.25, 0.3) is 5.91 Å². The lowest BCUT2D eigenvalue weighted by molar-refractivity contribution is -0.144. The number of aryl methyl sites for hydroxylation is 2. The second kappa shape index (κ2) is 9.64. The molecule has 5 nitrogen and oxygen atoms in total. The summed E-state index contributed by atoms with van der Waals surface area (Å²) in [6.45, 7) is 5.95. The minimum absolute atomic E-state index is 0.182. The van der Waals surface area contributed by atoms with Crippen molar-refractivity contribution in [1.82, 2.24) is 0 Å². The first-order valence-corrected chi connectivity index (χ1v) is 10.5. The Morgan fingerprint density at radius 3 is 2.46 bits per heavy atom. The highest BCUT2D eigenvalue weighted by Crippen LogP contribution is 2.23. The molecule has 3 rings (SSSR count). The molecule has 1 amide bonds. The molecule has 1 aliphatic rings. The largest absolute Gasteiger partial charge is 0.455 e. The first-order valence-electron chi connectivity index (χ1n) is 9.52. The SMILES string of the molecule is Cc1ccc(SCC(=O)OCC(=O)Nc2ccc(N3CCCC3)cc2)c(C)c1. The Hall–Kier alpha value is -2.47. The van der Waals surface area contributed by atoms with Crippen molar-refractivity contribution in [2.24, 2.45) is 0 Å². The number of hydrogen-bond acceptors (Lipinski definition) is 5. The van der Waals surface area contributed by atoms with Gasteiger partial charge in [0.15, 0.2) is 6.61 Å². The Morgan fingerprint density at radius 2 is 1.79 bits per heavy atom. The lowest BCUT2D eigenvalue weighted by atomic mass is 10.2. The predicted molar refractivity (Wildman–Crippen MR) is 114 cm³/mol. The van der Waals surface area contributed by atoms with Crippen molar-refractivity contribution < 1.29 is 14.3 Å². The molecule has 1 aliphatic heterocycles. The molecule has 0 aromatic heterocycles. The van der Waals surface area contributed by atoms with Crippen LogP contribution in [-0.2, 0) is 14.3 Å².